The fraction of sp³-hybridized carbons (Fsp3) is 0.0952. The molecule has 150 valence electrons. The first-order valence-electron chi connectivity index (χ1n) is 8.64. The molecule has 3 aromatic carbocycles. The number of esters is 1. The predicted molar refractivity (Wildman–Crippen MR) is 109 cm³/mol. The highest BCUT2D eigenvalue weighted by atomic mass is 35.5. The number of phenols is 1. The molecule has 0 aliphatic rings. The molecule has 0 unspecified atom stereocenters. The maximum Gasteiger partial charge on any atom is 0.342 e. The Hall–Kier alpha value is -2.87. The maximum absolute atomic E-state index is 12.6. The number of nitrogens with one attached hydrogen (secondary N) is 1. The van der Waals surface area contributed by atoms with E-state index in [0.29, 0.717) is 10.6 Å². The molecular formula is C21H18ClNO5S. The average molecular weight is 432 g/mol. The summed E-state index contributed by atoms with van der Waals surface area (Å²) < 4.78 is 32.7. The van der Waals surface area contributed by atoms with Crippen molar-refractivity contribution in [3.05, 3.63) is 94.5 Å². The quantitative estimate of drug-likeness (QED) is 0.554. The lowest BCUT2D eigenvalue weighted by molar-refractivity contribution is 0.0469. The normalized spacial score (nSPS) is 11.2. The number of carbonyl (C=O) groups is 1. The molecule has 0 bridgehead atoms. The summed E-state index contributed by atoms with van der Waals surface area (Å²) in [6, 6.07) is 19.3. The lowest BCUT2D eigenvalue weighted by atomic mass is 10.2. The topological polar surface area (TPSA) is 92.7 Å². The van der Waals surface area contributed by atoms with Crippen molar-refractivity contribution in [1.29, 1.82) is 0 Å². The number of hydrogen-bond donors (Lipinski definition) is 2. The monoisotopic (exact) mass is 431 g/mol. The SMILES string of the molecule is O=C(OCc1ccccc1Cl)c1cc(S(=O)(=O)NCc2ccccc2)ccc1O. The summed E-state index contributed by atoms with van der Waals surface area (Å²) in [5, 5.41) is 10.4. The average Bonchev–Trinajstić information content (AvgIpc) is 2.72. The van der Waals surface area contributed by atoms with Crippen LogP contribution in [-0.2, 0) is 27.9 Å². The molecule has 0 heterocycles. The van der Waals surface area contributed by atoms with Gasteiger partial charge in [-0.3, -0.25) is 0 Å². The number of halogens is 1. The van der Waals surface area contributed by atoms with Crippen LogP contribution in [0.1, 0.15) is 21.5 Å². The molecule has 0 aliphatic heterocycles. The van der Waals surface area contributed by atoms with Crippen molar-refractivity contribution in [2.45, 2.75) is 18.0 Å². The van der Waals surface area contributed by atoms with Crippen molar-refractivity contribution >= 4 is 27.6 Å². The largest absolute Gasteiger partial charge is 0.507 e. The molecule has 0 aromatic heterocycles. The number of phenolic OH excluding ortho intramolecular Hbond substituents is 1. The second kappa shape index (κ2) is 9.09. The Morgan fingerprint density at radius 3 is 2.41 bits per heavy atom. The van der Waals surface area contributed by atoms with Gasteiger partial charge in [-0.1, -0.05) is 60.1 Å². The molecule has 6 nitrogen and oxygen atoms in total. The van der Waals surface area contributed by atoms with Gasteiger partial charge in [0.2, 0.25) is 10.0 Å². The molecule has 0 amide bonds. The van der Waals surface area contributed by atoms with E-state index < -0.39 is 16.0 Å². The zero-order valence-electron chi connectivity index (χ0n) is 15.2. The van der Waals surface area contributed by atoms with E-state index in [1.165, 1.54) is 6.07 Å². The van der Waals surface area contributed by atoms with Gasteiger partial charge in [0.05, 0.1) is 4.90 Å². The van der Waals surface area contributed by atoms with Crippen LogP contribution in [0, 0.1) is 0 Å². The molecule has 29 heavy (non-hydrogen) atoms. The van der Waals surface area contributed by atoms with Crippen LogP contribution in [0.5, 0.6) is 5.75 Å². The number of carbonyl (C=O) groups excluding carboxylic acids is 1. The van der Waals surface area contributed by atoms with Crippen molar-refractivity contribution < 1.29 is 23.1 Å². The first-order valence-corrected chi connectivity index (χ1v) is 10.5. The van der Waals surface area contributed by atoms with Gasteiger partial charge < -0.3 is 9.84 Å². The maximum atomic E-state index is 12.6. The van der Waals surface area contributed by atoms with Gasteiger partial charge >= 0.3 is 5.97 Å². The first-order chi connectivity index (χ1) is 13.9. The molecule has 0 spiro atoms. The molecular weight excluding hydrogens is 414 g/mol. The zero-order valence-corrected chi connectivity index (χ0v) is 16.8. The van der Waals surface area contributed by atoms with E-state index in [2.05, 4.69) is 4.72 Å². The summed E-state index contributed by atoms with van der Waals surface area (Å²) >= 11 is 6.03. The summed E-state index contributed by atoms with van der Waals surface area (Å²) in [5.41, 5.74) is 1.13. The van der Waals surface area contributed by atoms with Gasteiger partial charge in [-0.15, -0.1) is 0 Å². The smallest absolute Gasteiger partial charge is 0.342 e. The van der Waals surface area contributed by atoms with Crippen LogP contribution in [0.15, 0.2) is 77.7 Å². The fourth-order valence-electron chi connectivity index (χ4n) is 2.54. The molecule has 0 saturated carbocycles. The molecule has 8 heteroatoms. The predicted octanol–water partition coefficient (Wildman–Crippen LogP) is 3.88. The van der Waals surface area contributed by atoms with E-state index in [1.807, 2.05) is 6.07 Å². The Morgan fingerprint density at radius 1 is 1.00 bits per heavy atom. The van der Waals surface area contributed by atoms with Gasteiger partial charge in [-0.05, 0) is 29.8 Å². The van der Waals surface area contributed by atoms with Crippen LogP contribution in [0.2, 0.25) is 5.02 Å². The van der Waals surface area contributed by atoms with Crippen LogP contribution in [0.25, 0.3) is 0 Å². The van der Waals surface area contributed by atoms with Crippen LogP contribution in [0.3, 0.4) is 0 Å². The summed E-state index contributed by atoms with van der Waals surface area (Å²) in [6.07, 6.45) is 0. The van der Waals surface area contributed by atoms with E-state index in [0.717, 1.165) is 17.7 Å². The highest BCUT2D eigenvalue weighted by molar-refractivity contribution is 7.89. The number of rotatable bonds is 7. The second-order valence-corrected chi connectivity index (χ2v) is 8.33. The third-order valence-corrected chi connectivity index (χ3v) is 5.89. The first kappa shape index (κ1) is 20.9. The summed E-state index contributed by atoms with van der Waals surface area (Å²) in [6.45, 7) is -0.0164. The molecule has 0 fully saturated rings. The minimum Gasteiger partial charge on any atom is -0.507 e. The Labute approximate surface area is 173 Å². The minimum atomic E-state index is -3.90. The highest BCUT2D eigenvalue weighted by Gasteiger charge is 2.20. The molecule has 3 rings (SSSR count). The summed E-state index contributed by atoms with van der Waals surface area (Å²) in [7, 11) is -3.90. The van der Waals surface area contributed by atoms with Gasteiger partial charge in [0.25, 0.3) is 0 Å². The van der Waals surface area contributed by atoms with Crippen molar-refractivity contribution in [3.8, 4) is 5.75 Å². The Kier molecular flexibility index (Phi) is 6.53. The zero-order chi connectivity index (χ0) is 20.9. The third-order valence-electron chi connectivity index (χ3n) is 4.12. The van der Waals surface area contributed by atoms with Gasteiger partial charge in [0.15, 0.2) is 0 Å². The third kappa shape index (κ3) is 5.35. The minimum absolute atomic E-state index is 0.0936. The molecule has 0 saturated heterocycles. The Balaban J connectivity index is 1.74. The van der Waals surface area contributed by atoms with E-state index in [4.69, 9.17) is 16.3 Å². The highest BCUT2D eigenvalue weighted by Crippen LogP contribution is 2.23. The molecule has 0 aliphatic carbocycles. The summed E-state index contributed by atoms with van der Waals surface area (Å²) in [4.78, 5) is 12.2. The van der Waals surface area contributed by atoms with Crippen molar-refractivity contribution in [3.63, 3.8) is 0 Å². The standard InChI is InChI=1S/C21H18ClNO5S/c22-19-9-5-4-8-16(19)14-28-21(25)18-12-17(10-11-20(18)24)29(26,27)23-13-15-6-2-1-3-7-15/h1-12,23-24H,13-14H2. The molecule has 2 N–H and O–H groups in total. The lowest BCUT2D eigenvalue weighted by Gasteiger charge is -2.11. The van der Waals surface area contributed by atoms with E-state index in [1.54, 1.807) is 48.5 Å². The van der Waals surface area contributed by atoms with Crippen molar-refractivity contribution in [2.24, 2.45) is 0 Å². The van der Waals surface area contributed by atoms with Crippen LogP contribution in [-0.4, -0.2) is 19.5 Å². The number of ether oxygens (including phenoxy) is 1. The fourth-order valence-corrected chi connectivity index (χ4v) is 3.77. The van der Waals surface area contributed by atoms with E-state index in [9.17, 15) is 18.3 Å². The summed E-state index contributed by atoms with van der Waals surface area (Å²) in [5.74, 6) is -1.24. The van der Waals surface area contributed by atoms with Crippen LogP contribution in [0.4, 0.5) is 0 Å². The van der Waals surface area contributed by atoms with Gasteiger partial charge in [-0.2, -0.15) is 0 Å². The van der Waals surface area contributed by atoms with Crippen LogP contribution >= 0.6 is 11.6 Å². The Bertz CT molecular complexity index is 1120. The molecule has 0 atom stereocenters. The van der Waals surface area contributed by atoms with Gasteiger partial charge in [0, 0.05) is 17.1 Å². The second-order valence-electron chi connectivity index (χ2n) is 6.16. The van der Waals surface area contributed by atoms with Crippen molar-refractivity contribution in [2.75, 3.05) is 0 Å². The van der Waals surface area contributed by atoms with E-state index >= 15 is 0 Å². The number of aromatic hydroxyl groups is 1. The van der Waals surface area contributed by atoms with E-state index in [-0.39, 0.29) is 29.4 Å². The molecule has 3 aromatic rings. The van der Waals surface area contributed by atoms with Gasteiger partial charge in [-0.25, -0.2) is 17.9 Å². The molecule has 0 radical (unpaired) electrons. The van der Waals surface area contributed by atoms with Crippen molar-refractivity contribution in [1.82, 2.24) is 4.72 Å². The number of benzene rings is 3. The Morgan fingerprint density at radius 2 is 1.69 bits per heavy atom. The van der Waals surface area contributed by atoms with Gasteiger partial charge in [0.1, 0.15) is 17.9 Å². The lowest BCUT2D eigenvalue weighted by Crippen LogP contribution is -2.23. The number of hydrogen-bond acceptors (Lipinski definition) is 5. The van der Waals surface area contributed by atoms with Crippen LogP contribution < -0.4 is 4.72 Å². The number of sulfonamides is 1.